The molecule has 0 amide bonds. The third kappa shape index (κ3) is 4.19. The number of hydrogen-bond donors (Lipinski definition) is 1. The van der Waals surface area contributed by atoms with Crippen LogP contribution in [0.3, 0.4) is 0 Å². The summed E-state index contributed by atoms with van der Waals surface area (Å²) < 4.78 is 12.3. The minimum Gasteiger partial charge on any atom is -0.492 e. The zero-order valence-electron chi connectivity index (χ0n) is 12.0. The van der Waals surface area contributed by atoms with Crippen LogP contribution in [0.2, 0.25) is 0 Å². The zero-order valence-corrected chi connectivity index (χ0v) is 13.6. The van der Waals surface area contributed by atoms with Gasteiger partial charge in [0.1, 0.15) is 12.4 Å². The molecule has 1 aliphatic heterocycles. The summed E-state index contributed by atoms with van der Waals surface area (Å²) in [5.41, 5.74) is 0. The van der Waals surface area contributed by atoms with Crippen molar-refractivity contribution in [2.24, 2.45) is 0 Å². The lowest BCUT2D eigenvalue weighted by Crippen LogP contribution is -2.37. The summed E-state index contributed by atoms with van der Waals surface area (Å²) in [6.45, 7) is 3.32. The molecule has 0 bridgehead atoms. The Labute approximate surface area is 133 Å². The van der Waals surface area contributed by atoms with Crippen LogP contribution >= 0.6 is 15.9 Å². The lowest BCUT2D eigenvalue weighted by molar-refractivity contribution is 0.0770. The fourth-order valence-corrected chi connectivity index (χ4v) is 3.00. The van der Waals surface area contributed by atoms with Crippen molar-refractivity contribution in [3.63, 3.8) is 0 Å². The van der Waals surface area contributed by atoms with Gasteiger partial charge in [-0.2, -0.15) is 0 Å². The predicted molar refractivity (Wildman–Crippen MR) is 89.0 cm³/mol. The Balaban J connectivity index is 1.49. The summed E-state index contributed by atoms with van der Waals surface area (Å²) in [6.07, 6.45) is 2.20. The Morgan fingerprint density at radius 1 is 1.10 bits per heavy atom. The van der Waals surface area contributed by atoms with Gasteiger partial charge >= 0.3 is 0 Å². The Bertz CT molecular complexity index is 596. The average Bonchev–Trinajstić information content (AvgIpc) is 2.52. The van der Waals surface area contributed by atoms with Gasteiger partial charge in [-0.05, 0) is 47.9 Å². The van der Waals surface area contributed by atoms with Crippen molar-refractivity contribution in [3.05, 3.63) is 40.9 Å². The lowest BCUT2D eigenvalue weighted by atomic mass is 10.1. The highest BCUT2D eigenvalue weighted by molar-refractivity contribution is 9.10. The Hall–Kier alpha value is -1.10. The highest BCUT2D eigenvalue weighted by Gasteiger charge is 2.12. The quantitative estimate of drug-likeness (QED) is 0.834. The van der Waals surface area contributed by atoms with Crippen molar-refractivity contribution in [1.29, 1.82) is 0 Å². The minimum atomic E-state index is 0.580. The first-order chi connectivity index (χ1) is 10.3. The van der Waals surface area contributed by atoms with E-state index in [9.17, 15) is 0 Å². The molecule has 0 unspecified atom stereocenters. The molecule has 0 radical (unpaired) electrons. The molecule has 21 heavy (non-hydrogen) atoms. The van der Waals surface area contributed by atoms with Gasteiger partial charge in [0.2, 0.25) is 0 Å². The molecule has 0 saturated carbocycles. The number of benzene rings is 2. The first kappa shape index (κ1) is 14.8. The molecule has 2 aromatic rings. The van der Waals surface area contributed by atoms with Gasteiger partial charge in [0.15, 0.2) is 0 Å². The van der Waals surface area contributed by atoms with Crippen LogP contribution in [0.4, 0.5) is 0 Å². The van der Waals surface area contributed by atoms with Crippen molar-refractivity contribution in [2.45, 2.75) is 18.9 Å². The van der Waals surface area contributed by atoms with Gasteiger partial charge in [0.25, 0.3) is 0 Å². The molecule has 2 aromatic carbocycles. The van der Waals surface area contributed by atoms with E-state index in [1.165, 1.54) is 10.8 Å². The summed E-state index contributed by atoms with van der Waals surface area (Å²) >= 11 is 3.49. The van der Waals surface area contributed by atoms with Crippen LogP contribution in [0.15, 0.2) is 40.9 Å². The van der Waals surface area contributed by atoms with E-state index < -0.39 is 0 Å². The molecule has 1 fully saturated rings. The largest absolute Gasteiger partial charge is 0.492 e. The number of rotatable bonds is 5. The smallest absolute Gasteiger partial charge is 0.120 e. The lowest BCUT2D eigenvalue weighted by Gasteiger charge is -2.23. The van der Waals surface area contributed by atoms with E-state index in [-0.39, 0.29) is 0 Å². The van der Waals surface area contributed by atoms with Crippen LogP contribution in [-0.4, -0.2) is 32.4 Å². The van der Waals surface area contributed by atoms with Gasteiger partial charge in [0, 0.05) is 30.3 Å². The van der Waals surface area contributed by atoms with Crippen LogP contribution in [0.5, 0.6) is 5.75 Å². The maximum Gasteiger partial charge on any atom is 0.120 e. The number of halogens is 1. The van der Waals surface area contributed by atoms with Gasteiger partial charge in [-0.15, -0.1) is 0 Å². The minimum absolute atomic E-state index is 0.580. The van der Waals surface area contributed by atoms with E-state index in [4.69, 9.17) is 9.47 Å². The molecule has 112 valence electrons. The molecule has 4 heteroatoms. The summed E-state index contributed by atoms with van der Waals surface area (Å²) in [5.74, 6) is 0.929. The molecule has 1 aliphatic rings. The van der Waals surface area contributed by atoms with Crippen molar-refractivity contribution in [1.82, 2.24) is 5.32 Å². The number of fused-ring (bicyclic) bond motifs is 1. The molecule has 3 rings (SSSR count). The second-order valence-electron chi connectivity index (χ2n) is 5.34. The third-order valence-corrected chi connectivity index (χ3v) is 4.29. The summed E-state index contributed by atoms with van der Waals surface area (Å²) in [4.78, 5) is 0. The van der Waals surface area contributed by atoms with Crippen LogP contribution < -0.4 is 10.1 Å². The van der Waals surface area contributed by atoms with E-state index in [1.807, 2.05) is 6.07 Å². The number of hydrogen-bond acceptors (Lipinski definition) is 3. The van der Waals surface area contributed by atoms with Gasteiger partial charge < -0.3 is 14.8 Å². The highest BCUT2D eigenvalue weighted by Crippen LogP contribution is 2.24. The summed E-state index contributed by atoms with van der Waals surface area (Å²) in [6, 6.07) is 13.1. The topological polar surface area (TPSA) is 30.5 Å². The van der Waals surface area contributed by atoms with Gasteiger partial charge in [-0.3, -0.25) is 0 Å². The molecule has 0 spiro atoms. The molecule has 1 heterocycles. The van der Waals surface area contributed by atoms with E-state index in [0.717, 1.165) is 42.8 Å². The maximum atomic E-state index is 5.83. The van der Waals surface area contributed by atoms with Gasteiger partial charge in [0.05, 0.1) is 0 Å². The van der Waals surface area contributed by atoms with Crippen LogP contribution in [0, 0.1) is 0 Å². The average molecular weight is 350 g/mol. The number of nitrogens with one attached hydrogen (secondary N) is 1. The van der Waals surface area contributed by atoms with Crippen molar-refractivity contribution < 1.29 is 9.47 Å². The molecule has 1 N–H and O–H groups in total. The number of ether oxygens (including phenoxy) is 2. The van der Waals surface area contributed by atoms with Crippen LogP contribution in [0.25, 0.3) is 10.8 Å². The first-order valence-electron chi connectivity index (χ1n) is 7.44. The summed E-state index contributed by atoms with van der Waals surface area (Å²) in [5, 5.41) is 5.95. The summed E-state index contributed by atoms with van der Waals surface area (Å²) in [7, 11) is 0. The SMILES string of the molecule is Brc1ccc2cc(OCCNC3CCOCC3)ccc2c1. The fraction of sp³-hybridized carbons (Fsp3) is 0.412. The maximum absolute atomic E-state index is 5.83. The van der Waals surface area contributed by atoms with Crippen molar-refractivity contribution in [3.8, 4) is 5.75 Å². The fourth-order valence-electron chi connectivity index (χ4n) is 2.62. The molecule has 0 aromatic heterocycles. The van der Waals surface area contributed by atoms with Crippen LogP contribution in [0.1, 0.15) is 12.8 Å². The van der Waals surface area contributed by atoms with Crippen molar-refractivity contribution in [2.75, 3.05) is 26.4 Å². The predicted octanol–water partition coefficient (Wildman–Crippen LogP) is 3.75. The second-order valence-corrected chi connectivity index (χ2v) is 6.26. The highest BCUT2D eigenvalue weighted by atomic mass is 79.9. The van der Waals surface area contributed by atoms with E-state index >= 15 is 0 Å². The Kier molecular flexibility index (Phi) is 5.12. The standard InChI is InChI=1S/C17H20BrNO2/c18-15-3-1-14-12-17(4-2-13(14)11-15)21-10-7-19-16-5-8-20-9-6-16/h1-4,11-12,16,19H,5-10H2. The molecular formula is C17H20BrNO2. The van der Waals surface area contributed by atoms with E-state index in [0.29, 0.717) is 12.6 Å². The first-order valence-corrected chi connectivity index (χ1v) is 8.24. The van der Waals surface area contributed by atoms with E-state index in [2.05, 4.69) is 51.6 Å². The molecule has 1 saturated heterocycles. The van der Waals surface area contributed by atoms with E-state index in [1.54, 1.807) is 0 Å². The van der Waals surface area contributed by atoms with Gasteiger partial charge in [-0.25, -0.2) is 0 Å². The zero-order chi connectivity index (χ0) is 14.5. The normalized spacial score (nSPS) is 16.2. The third-order valence-electron chi connectivity index (χ3n) is 3.80. The van der Waals surface area contributed by atoms with Crippen molar-refractivity contribution >= 4 is 26.7 Å². The molecule has 0 atom stereocenters. The molecule has 0 aliphatic carbocycles. The molecule has 3 nitrogen and oxygen atoms in total. The molecular weight excluding hydrogens is 330 g/mol. The Morgan fingerprint density at radius 3 is 2.71 bits per heavy atom. The Morgan fingerprint density at radius 2 is 1.86 bits per heavy atom. The second kappa shape index (κ2) is 7.25. The monoisotopic (exact) mass is 349 g/mol. The van der Waals surface area contributed by atoms with Gasteiger partial charge in [-0.1, -0.05) is 28.1 Å². The van der Waals surface area contributed by atoms with Crippen LogP contribution in [-0.2, 0) is 4.74 Å².